The van der Waals surface area contributed by atoms with Crippen LogP contribution in [0, 0.1) is 12.8 Å². The zero-order valence-electron chi connectivity index (χ0n) is 12.3. The number of hydrogen-bond acceptors (Lipinski definition) is 3. The van der Waals surface area contributed by atoms with Crippen molar-refractivity contribution in [3.63, 3.8) is 0 Å². The van der Waals surface area contributed by atoms with Crippen LogP contribution in [0.2, 0.25) is 0 Å². The predicted molar refractivity (Wildman–Crippen MR) is 81.2 cm³/mol. The van der Waals surface area contributed by atoms with Crippen molar-refractivity contribution >= 4 is 16.9 Å². The number of aryl methyl sites for hydroxylation is 1. The lowest BCUT2D eigenvalue weighted by Crippen LogP contribution is -2.43. The molecule has 1 aromatic carbocycles. The van der Waals surface area contributed by atoms with E-state index in [1.807, 2.05) is 31.2 Å². The number of benzene rings is 1. The van der Waals surface area contributed by atoms with Crippen LogP contribution in [0.1, 0.15) is 41.8 Å². The summed E-state index contributed by atoms with van der Waals surface area (Å²) in [5.41, 5.74) is 1.61. The van der Waals surface area contributed by atoms with Crippen molar-refractivity contribution < 1.29 is 14.3 Å². The fraction of sp³-hybridized carbons (Fsp3) is 0.471. The lowest BCUT2D eigenvalue weighted by molar-refractivity contribution is 0.0846. The molecule has 1 saturated carbocycles. The first-order valence-electron chi connectivity index (χ1n) is 7.60. The molecule has 1 fully saturated rings. The summed E-state index contributed by atoms with van der Waals surface area (Å²) in [4.78, 5) is 12.5. The van der Waals surface area contributed by atoms with Gasteiger partial charge in [-0.3, -0.25) is 4.79 Å². The molecule has 0 saturated heterocycles. The van der Waals surface area contributed by atoms with E-state index in [-0.39, 0.29) is 24.5 Å². The van der Waals surface area contributed by atoms with Crippen molar-refractivity contribution in [3.05, 3.63) is 35.6 Å². The van der Waals surface area contributed by atoms with E-state index in [1.54, 1.807) is 0 Å². The number of furan rings is 1. The number of para-hydroxylation sites is 1. The fourth-order valence-corrected chi connectivity index (χ4v) is 3.24. The molecular weight excluding hydrogens is 266 g/mol. The Kier molecular flexibility index (Phi) is 3.97. The quantitative estimate of drug-likeness (QED) is 0.912. The van der Waals surface area contributed by atoms with Gasteiger partial charge in [-0.25, -0.2) is 0 Å². The first kappa shape index (κ1) is 14.1. The number of fused-ring (bicyclic) bond motifs is 1. The summed E-state index contributed by atoms with van der Waals surface area (Å²) in [5.74, 6) is 0.375. The van der Waals surface area contributed by atoms with Crippen LogP contribution in [0.3, 0.4) is 0 Å². The van der Waals surface area contributed by atoms with Crippen LogP contribution in [0.25, 0.3) is 11.0 Å². The molecule has 0 radical (unpaired) electrons. The third-order valence-electron chi connectivity index (χ3n) is 4.51. The van der Waals surface area contributed by atoms with Gasteiger partial charge in [-0.1, -0.05) is 31.0 Å². The second kappa shape index (κ2) is 5.90. The number of carbonyl (C=O) groups excluding carboxylic acids is 1. The number of amides is 1. The molecular formula is C17H21NO3. The maximum atomic E-state index is 12.5. The lowest BCUT2D eigenvalue weighted by Gasteiger charge is -2.30. The number of nitrogens with one attached hydrogen (secondary N) is 1. The van der Waals surface area contributed by atoms with Gasteiger partial charge in [0.1, 0.15) is 5.58 Å². The van der Waals surface area contributed by atoms with Gasteiger partial charge < -0.3 is 14.8 Å². The molecule has 1 amide bonds. The van der Waals surface area contributed by atoms with Crippen molar-refractivity contribution in [2.75, 3.05) is 6.61 Å². The number of aliphatic hydroxyl groups is 1. The van der Waals surface area contributed by atoms with Crippen LogP contribution in [0.15, 0.2) is 28.7 Å². The Morgan fingerprint density at radius 3 is 2.86 bits per heavy atom. The summed E-state index contributed by atoms with van der Waals surface area (Å²) in [6.45, 7) is 2.04. The van der Waals surface area contributed by atoms with Crippen LogP contribution in [-0.4, -0.2) is 23.7 Å². The second-order valence-electron chi connectivity index (χ2n) is 5.86. The highest BCUT2D eigenvalue weighted by Gasteiger charge is 2.28. The Morgan fingerprint density at radius 2 is 2.10 bits per heavy atom. The fourth-order valence-electron chi connectivity index (χ4n) is 3.24. The molecule has 2 N–H and O–H groups in total. The van der Waals surface area contributed by atoms with Crippen molar-refractivity contribution in [1.29, 1.82) is 0 Å². The number of hydrogen-bond donors (Lipinski definition) is 2. The van der Waals surface area contributed by atoms with Crippen molar-refractivity contribution in [3.8, 4) is 0 Å². The van der Waals surface area contributed by atoms with Gasteiger partial charge in [0.2, 0.25) is 0 Å². The second-order valence-corrected chi connectivity index (χ2v) is 5.86. The van der Waals surface area contributed by atoms with E-state index >= 15 is 0 Å². The monoisotopic (exact) mass is 287 g/mol. The van der Waals surface area contributed by atoms with Gasteiger partial charge in [0, 0.05) is 29.5 Å². The predicted octanol–water partition coefficient (Wildman–Crippen LogP) is 3.02. The maximum Gasteiger partial charge on any atom is 0.287 e. The molecule has 2 unspecified atom stereocenters. The van der Waals surface area contributed by atoms with Gasteiger partial charge in [0.15, 0.2) is 5.76 Å². The Labute approximate surface area is 124 Å². The molecule has 1 aliphatic carbocycles. The van der Waals surface area contributed by atoms with Crippen LogP contribution in [0.4, 0.5) is 0 Å². The summed E-state index contributed by atoms with van der Waals surface area (Å²) >= 11 is 0. The van der Waals surface area contributed by atoms with E-state index in [2.05, 4.69) is 5.32 Å². The molecule has 21 heavy (non-hydrogen) atoms. The van der Waals surface area contributed by atoms with Gasteiger partial charge in [0.25, 0.3) is 5.91 Å². The van der Waals surface area contributed by atoms with Crippen LogP contribution in [-0.2, 0) is 0 Å². The minimum Gasteiger partial charge on any atom is -0.451 e. The third-order valence-corrected chi connectivity index (χ3v) is 4.51. The molecule has 2 atom stereocenters. The molecule has 4 nitrogen and oxygen atoms in total. The standard InChI is InChI=1S/C17H21NO3/c1-11-13-7-3-5-9-15(13)21-16(11)17(20)18-14-8-4-2-6-12(14)10-19/h3,5,7,9,12,14,19H,2,4,6,8,10H2,1H3,(H,18,20). The van der Waals surface area contributed by atoms with E-state index in [9.17, 15) is 9.90 Å². The Bertz CT molecular complexity index is 647. The van der Waals surface area contributed by atoms with Crippen LogP contribution < -0.4 is 5.32 Å². The highest BCUT2D eigenvalue weighted by molar-refractivity contribution is 5.99. The van der Waals surface area contributed by atoms with Gasteiger partial charge in [-0.2, -0.15) is 0 Å². The number of aliphatic hydroxyl groups excluding tert-OH is 1. The molecule has 4 heteroatoms. The minimum atomic E-state index is -0.172. The molecule has 1 aromatic heterocycles. The zero-order valence-corrected chi connectivity index (χ0v) is 12.3. The normalized spacial score (nSPS) is 22.4. The average Bonchev–Trinajstić information content (AvgIpc) is 2.85. The minimum absolute atomic E-state index is 0.0452. The maximum absolute atomic E-state index is 12.5. The Morgan fingerprint density at radius 1 is 1.33 bits per heavy atom. The average molecular weight is 287 g/mol. The van der Waals surface area contributed by atoms with Gasteiger partial charge in [-0.05, 0) is 25.8 Å². The first-order chi connectivity index (χ1) is 10.2. The summed E-state index contributed by atoms with van der Waals surface area (Å²) in [7, 11) is 0. The van der Waals surface area contributed by atoms with Gasteiger partial charge in [0.05, 0.1) is 0 Å². The van der Waals surface area contributed by atoms with E-state index in [0.29, 0.717) is 5.76 Å². The van der Waals surface area contributed by atoms with Crippen LogP contribution in [0.5, 0.6) is 0 Å². The zero-order chi connectivity index (χ0) is 14.8. The summed E-state index contributed by atoms with van der Waals surface area (Å²) in [6.07, 6.45) is 4.12. The van der Waals surface area contributed by atoms with E-state index < -0.39 is 0 Å². The molecule has 0 aliphatic heterocycles. The van der Waals surface area contributed by atoms with Crippen molar-refractivity contribution in [2.24, 2.45) is 5.92 Å². The SMILES string of the molecule is Cc1c(C(=O)NC2CCCCC2CO)oc2ccccc12. The molecule has 1 aliphatic rings. The van der Waals surface area contributed by atoms with Gasteiger partial charge >= 0.3 is 0 Å². The largest absolute Gasteiger partial charge is 0.451 e. The lowest BCUT2D eigenvalue weighted by atomic mass is 9.85. The van der Waals surface area contributed by atoms with E-state index in [4.69, 9.17) is 4.42 Å². The molecule has 112 valence electrons. The van der Waals surface area contributed by atoms with Crippen LogP contribution >= 0.6 is 0 Å². The topological polar surface area (TPSA) is 62.5 Å². The summed E-state index contributed by atoms with van der Waals surface area (Å²) in [5, 5.41) is 13.5. The molecule has 1 heterocycles. The Balaban J connectivity index is 1.82. The first-order valence-corrected chi connectivity index (χ1v) is 7.60. The van der Waals surface area contributed by atoms with Gasteiger partial charge in [-0.15, -0.1) is 0 Å². The molecule has 3 rings (SSSR count). The number of rotatable bonds is 3. The highest BCUT2D eigenvalue weighted by Crippen LogP contribution is 2.27. The Hall–Kier alpha value is -1.81. The third kappa shape index (κ3) is 2.68. The highest BCUT2D eigenvalue weighted by atomic mass is 16.3. The van der Waals surface area contributed by atoms with E-state index in [1.165, 1.54) is 0 Å². The van der Waals surface area contributed by atoms with E-state index in [0.717, 1.165) is 42.2 Å². The molecule has 0 bridgehead atoms. The summed E-state index contributed by atoms with van der Waals surface area (Å²) < 4.78 is 5.70. The molecule has 0 spiro atoms. The van der Waals surface area contributed by atoms with Crippen molar-refractivity contribution in [1.82, 2.24) is 5.32 Å². The summed E-state index contributed by atoms with van der Waals surface area (Å²) in [6, 6.07) is 7.72. The smallest absolute Gasteiger partial charge is 0.287 e. The molecule has 2 aromatic rings. The number of carbonyl (C=O) groups is 1. The van der Waals surface area contributed by atoms with Crippen molar-refractivity contribution in [2.45, 2.75) is 38.6 Å².